The van der Waals surface area contributed by atoms with E-state index < -0.39 is 12.6 Å². The molecule has 2 N–H and O–H groups in total. The van der Waals surface area contributed by atoms with Crippen LogP contribution in [0.4, 0.5) is 13.2 Å². The maximum absolute atomic E-state index is 12.1. The molecule has 0 aromatic heterocycles. The molecule has 1 aromatic rings. The van der Waals surface area contributed by atoms with Gasteiger partial charge in [-0.2, -0.15) is 13.2 Å². The van der Waals surface area contributed by atoms with Gasteiger partial charge >= 0.3 is 6.18 Å². The van der Waals surface area contributed by atoms with Crippen LogP contribution in [0.25, 0.3) is 0 Å². The van der Waals surface area contributed by atoms with Gasteiger partial charge in [-0.1, -0.05) is 36.8 Å². The molecule has 22 heavy (non-hydrogen) atoms. The molecule has 1 unspecified atom stereocenters. The lowest BCUT2D eigenvalue weighted by molar-refractivity contribution is -0.132. The van der Waals surface area contributed by atoms with Crippen LogP contribution >= 0.6 is 24.0 Å². The Morgan fingerprint density at radius 1 is 1.18 bits per heavy atom. The van der Waals surface area contributed by atoms with Crippen molar-refractivity contribution in [3.05, 3.63) is 35.4 Å². The molecule has 0 spiro atoms. The second-order valence-corrected chi connectivity index (χ2v) is 5.06. The molecule has 3 nitrogen and oxygen atoms in total. The first kappa shape index (κ1) is 21.0. The molecule has 0 heterocycles. The van der Waals surface area contributed by atoms with E-state index in [0.29, 0.717) is 12.5 Å². The minimum atomic E-state index is -4.15. The molecule has 1 atom stereocenters. The first-order chi connectivity index (χ1) is 9.81. The zero-order valence-electron chi connectivity index (χ0n) is 13.0. The minimum Gasteiger partial charge on any atom is -0.356 e. The summed E-state index contributed by atoms with van der Waals surface area (Å²) in [6.07, 6.45) is -5.03. The fourth-order valence-electron chi connectivity index (χ4n) is 1.81. The monoisotopic (exact) mass is 429 g/mol. The van der Waals surface area contributed by atoms with Gasteiger partial charge in [0.2, 0.25) is 0 Å². The van der Waals surface area contributed by atoms with Crippen molar-refractivity contribution in [1.82, 2.24) is 10.6 Å². The van der Waals surface area contributed by atoms with Gasteiger partial charge in [0.05, 0.1) is 6.42 Å². The molecule has 0 saturated heterocycles. The van der Waals surface area contributed by atoms with Gasteiger partial charge in [-0.3, -0.25) is 4.99 Å². The summed E-state index contributed by atoms with van der Waals surface area (Å²) >= 11 is 0. The van der Waals surface area contributed by atoms with Crippen molar-refractivity contribution in [2.75, 3.05) is 20.1 Å². The zero-order chi connectivity index (χ0) is 15.9. The second kappa shape index (κ2) is 9.91. The lowest BCUT2D eigenvalue weighted by atomic mass is 10.0. The number of rotatable bonds is 5. The average Bonchev–Trinajstić information content (AvgIpc) is 2.41. The third kappa shape index (κ3) is 8.45. The van der Waals surface area contributed by atoms with Gasteiger partial charge in [0, 0.05) is 20.1 Å². The smallest absolute Gasteiger partial charge is 0.356 e. The van der Waals surface area contributed by atoms with Crippen LogP contribution in [0.2, 0.25) is 0 Å². The largest absolute Gasteiger partial charge is 0.390 e. The van der Waals surface area contributed by atoms with E-state index in [1.54, 1.807) is 7.05 Å². The van der Waals surface area contributed by atoms with E-state index in [0.717, 1.165) is 0 Å². The number of alkyl halides is 3. The molecule has 1 aromatic carbocycles. The van der Waals surface area contributed by atoms with Gasteiger partial charge in [-0.15, -0.1) is 24.0 Å². The molecular formula is C15H23F3IN3. The Kier molecular flexibility index (Phi) is 9.47. The summed E-state index contributed by atoms with van der Waals surface area (Å²) in [5.41, 5.74) is 2.38. The maximum atomic E-state index is 12.1. The number of benzene rings is 1. The van der Waals surface area contributed by atoms with Gasteiger partial charge in [0.15, 0.2) is 5.96 Å². The molecule has 0 aliphatic rings. The van der Waals surface area contributed by atoms with Crippen LogP contribution in [0.1, 0.15) is 30.4 Å². The third-order valence-corrected chi connectivity index (χ3v) is 3.15. The highest BCUT2D eigenvalue weighted by Crippen LogP contribution is 2.18. The first-order valence-corrected chi connectivity index (χ1v) is 6.89. The first-order valence-electron chi connectivity index (χ1n) is 6.89. The Hall–Kier alpha value is -0.990. The standard InChI is InChI=1S/C15H22F3N3.HI/c1-11-4-6-13(7-5-11)12(2)10-21-14(19-3)20-9-8-15(16,17)18;/h4-7,12H,8-10H2,1-3H3,(H2,19,20,21);1H. The highest BCUT2D eigenvalue weighted by atomic mass is 127. The fraction of sp³-hybridized carbons (Fsp3) is 0.533. The van der Waals surface area contributed by atoms with E-state index in [1.165, 1.54) is 11.1 Å². The van der Waals surface area contributed by atoms with Crippen LogP contribution < -0.4 is 10.6 Å². The fourth-order valence-corrected chi connectivity index (χ4v) is 1.81. The van der Waals surface area contributed by atoms with E-state index in [2.05, 4.69) is 34.7 Å². The molecule has 0 aliphatic carbocycles. The summed E-state index contributed by atoms with van der Waals surface area (Å²) in [6, 6.07) is 8.20. The van der Waals surface area contributed by atoms with Gasteiger partial charge in [-0.25, -0.2) is 0 Å². The zero-order valence-corrected chi connectivity index (χ0v) is 15.3. The van der Waals surface area contributed by atoms with E-state index in [1.807, 2.05) is 19.1 Å². The molecule has 0 fully saturated rings. The van der Waals surface area contributed by atoms with Crippen LogP contribution in [0.5, 0.6) is 0 Å². The highest BCUT2D eigenvalue weighted by Gasteiger charge is 2.26. The molecule has 0 aliphatic heterocycles. The Morgan fingerprint density at radius 3 is 2.27 bits per heavy atom. The van der Waals surface area contributed by atoms with Crippen molar-refractivity contribution in [3.63, 3.8) is 0 Å². The SMILES string of the molecule is CN=C(NCCC(F)(F)F)NCC(C)c1ccc(C)cc1.I. The van der Waals surface area contributed by atoms with Gasteiger partial charge in [0.25, 0.3) is 0 Å². The predicted molar refractivity (Wildman–Crippen MR) is 95.0 cm³/mol. The van der Waals surface area contributed by atoms with Gasteiger partial charge in [-0.05, 0) is 18.4 Å². The van der Waals surface area contributed by atoms with Crippen molar-refractivity contribution in [3.8, 4) is 0 Å². The topological polar surface area (TPSA) is 36.4 Å². The summed E-state index contributed by atoms with van der Waals surface area (Å²) < 4.78 is 36.2. The molecule has 7 heteroatoms. The van der Waals surface area contributed by atoms with E-state index in [-0.39, 0.29) is 36.4 Å². The Morgan fingerprint density at radius 2 is 1.77 bits per heavy atom. The number of guanidine groups is 1. The number of nitrogens with one attached hydrogen (secondary N) is 2. The van der Waals surface area contributed by atoms with Gasteiger partial charge in [0.1, 0.15) is 0 Å². The van der Waals surface area contributed by atoms with Crippen LogP contribution in [-0.2, 0) is 0 Å². The van der Waals surface area contributed by atoms with Crippen molar-refractivity contribution >= 4 is 29.9 Å². The molecule has 1 rings (SSSR count). The van der Waals surface area contributed by atoms with Crippen molar-refractivity contribution in [2.45, 2.75) is 32.4 Å². The maximum Gasteiger partial charge on any atom is 0.390 e. The molecule has 0 radical (unpaired) electrons. The summed E-state index contributed by atoms with van der Waals surface area (Å²) in [7, 11) is 1.54. The van der Waals surface area contributed by atoms with Crippen LogP contribution in [0.3, 0.4) is 0 Å². The van der Waals surface area contributed by atoms with E-state index >= 15 is 0 Å². The lowest BCUT2D eigenvalue weighted by Crippen LogP contribution is -2.40. The quantitative estimate of drug-likeness (QED) is 0.424. The normalized spacial score (nSPS) is 13.3. The molecule has 0 saturated carbocycles. The third-order valence-electron chi connectivity index (χ3n) is 3.15. The van der Waals surface area contributed by atoms with Crippen LogP contribution in [-0.4, -0.2) is 32.3 Å². The number of aryl methyl sites for hydroxylation is 1. The lowest BCUT2D eigenvalue weighted by Gasteiger charge is -2.17. The van der Waals surface area contributed by atoms with Crippen molar-refractivity contribution in [1.29, 1.82) is 0 Å². The summed E-state index contributed by atoms with van der Waals surface area (Å²) in [4.78, 5) is 3.91. The van der Waals surface area contributed by atoms with Crippen molar-refractivity contribution in [2.24, 2.45) is 4.99 Å². The highest BCUT2D eigenvalue weighted by molar-refractivity contribution is 14.0. The number of hydrogen-bond acceptors (Lipinski definition) is 1. The summed E-state index contributed by atoms with van der Waals surface area (Å²) in [6.45, 7) is 4.51. The van der Waals surface area contributed by atoms with Crippen LogP contribution in [0.15, 0.2) is 29.3 Å². The Balaban J connectivity index is 0.00000441. The van der Waals surface area contributed by atoms with E-state index in [9.17, 15) is 13.2 Å². The number of nitrogens with zero attached hydrogens (tertiary/aromatic N) is 1. The molecular weight excluding hydrogens is 406 g/mol. The number of hydrogen-bond donors (Lipinski definition) is 2. The molecule has 0 amide bonds. The summed E-state index contributed by atoms with van der Waals surface area (Å²) in [5, 5.41) is 5.70. The average molecular weight is 429 g/mol. The molecule has 126 valence electrons. The number of aliphatic imine (C=N–C) groups is 1. The summed E-state index contributed by atoms with van der Waals surface area (Å²) in [5.74, 6) is 0.630. The predicted octanol–water partition coefficient (Wildman–Crippen LogP) is 3.83. The minimum absolute atomic E-state index is 0. The van der Waals surface area contributed by atoms with Crippen LogP contribution in [0, 0.1) is 6.92 Å². The Bertz CT molecular complexity index is 458. The second-order valence-electron chi connectivity index (χ2n) is 5.06. The van der Waals surface area contributed by atoms with Crippen molar-refractivity contribution < 1.29 is 13.2 Å². The molecule has 0 bridgehead atoms. The van der Waals surface area contributed by atoms with E-state index in [4.69, 9.17) is 0 Å². The Labute approximate surface area is 146 Å². The number of halogens is 4. The van der Waals surface area contributed by atoms with Gasteiger partial charge < -0.3 is 10.6 Å².